The number of phenols is 1. The Morgan fingerprint density at radius 2 is 1.85 bits per heavy atom. The SMILES string of the molecule is O=C(Nc1ccc(Br)cc1Br)c1cc(I)cc(I)c1O. The third-order valence-electron chi connectivity index (χ3n) is 2.45. The van der Waals surface area contributed by atoms with Gasteiger partial charge in [-0.25, -0.2) is 0 Å². The number of aromatic hydroxyl groups is 1. The third kappa shape index (κ3) is 3.86. The molecule has 1 amide bonds. The smallest absolute Gasteiger partial charge is 0.259 e. The van der Waals surface area contributed by atoms with Crippen LogP contribution in [0.5, 0.6) is 5.75 Å². The van der Waals surface area contributed by atoms with Crippen molar-refractivity contribution in [3.8, 4) is 5.75 Å². The quantitative estimate of drug-likeness (QED) is 0.442. The first-order valence-electron chi connectivity index (χ1n) is 5.33. The number of carbonyl (C=O) groups is 1. The molecule has 2 aromatic carbocycles. The standard InChI is InChI=1S/C13H7Br2I2NO2/c14-6-1-2-11(9(15)3-6)18-13(20)8-4-7(16)5-10(17)12(8)19/h1-5,19H,(H,18,20). The van der Waals surface area contributed by atoms with Crippen molar-refractivity contribution in [1.82, 2.24) is 0 Å². The maximum absolute atomic E-state index is 12.3. The molecule has 0 fully saturated rings. The molecule has 20 heavy (non-hydrogen) atoms. The van der Waals surface area contributed by atoms with E-state index in [9.17, 15) is 9.90 Å². The molecule has 0 aliphatic carbocycles. The number of rotatable bonds is 2. The predicted octanol–water partition coefficient (Wildman–Crippen LogP) is 5.38. The van der Waals surface area contributed by atoms with Crippen LogP contribution in [0.3, 0.4) is 0 Å². The number of hydrogen-bond donors (Lipinski definition) is 2. The molecule has 2 rings (SSSR count). The number of anilines is 1. The maximum atomic E-state index is 12.3. The van der Waals surface area contributed by atoms with Gasteiger partial charge in [-0.05, 0) is 91.4 Å². The van der Waals surface area contributed by atoms with Gasteiger partial charge in [-0.2, -0.15) is 0 Å². The molecule has 0 atom stereocenters. The fourth-order valence-electron chi connectivity index (χ4n) is 1.52. The molecular weight excluding hydrogens is 616 g/mol. The molecule has 0 saturated carbocycles. The summed E-state index contributed by atoms with van der Waals surface area (Å²) in [7, 11) is 0. The Morgan fingerprint density at radius 1 is 1.15 bits per heavy atom. The van der Waals surface area contributed by atoms with Gasteiger partial charge in [0.15, 0.2) is 0 Å². The summed E-state index contributed by atoms with van der Waals surface area (Å²) in [6.07, 6.45) is 0. The number of amides is 1. The normalized spacial score (nSPS) is 10.4. The van der Waals surface area contributed by atoms with Crippen molar-refractivity contribution < 1.29 is 9.90 Å². The zero-order chi connectivity index (χ0) is 14.9. The molecule has 0 radical (unpaired) electrons. The molecule has 104 valence electrons. The summed E-state index contributed by atoms with van der Waals surface area (Å²) in [6, 6.07) is 8.91. The molecule has 0 unspecified atom stereocenters. The van der Waals surface area contributed by atoms with Crippen LogP contribution in [-0.2, 0) is 0 Å². The van der Waals surface area contributed by atoms with Crippen molar-refractivity contribution in [2.75, 3.05) is 5.32 Å². The van der Waals surface area contributed by atoms with E-state index in [0.29, 0.717) is 9.26 Å². The molecule has 2 N–H and O–H groups in total. The summed E-state index contributed by atoms with van der Waals surface area (Å²) in [4.78, 5) is 12.3. The van der Waals surface area contributed by atoms with Gasteiger partial charge in [0.1, 0.15) is 5.75 Å². The van der Waals surface area contributed by atoms with Gasteiger partial charge in [-0.15, -0.1) is 0 Å². The second kappa shape index (κ2) is 6.93. The second-order valence-corrected chi connectivity index (χ2v) is 8.04. The van der Waals surface area contributed by atoms with Gasteiger partial charge in [-0.3, -0.25) is 4.79 Å². The summed E-state index contributed by atoms with van der Waals surface area (Å²) in [5.74, 6) is -0.348. The molecule has 2 aromatic rings. The number of nitrogens with one attached hydrogen (secondary N) is 1. The third-order valence-corrected chi connectivity index (χ3v) is 5.05. The van der Waals surface area contributed by atoms with Gasteiger partial charge in [-0.1, -0.05) is 15.9 Å². The van der Waals surface area contributed by atoms with Crippen LogP contribution in [0.25, 0.3) is 0 Å². The largest absolute Gasteiger partial charge is 0.506 e. The van der Waals surface area contributed by atoms with Crippen LogP contribution in [0, 0.1) is 7.14 Å². The van der Waals surface area contributed by atoms with Crippen LogP contribution in [0.1, 0.15) is 10.4 Å². The highest BCUT2D eigenvalue weighted by Crippen LogP contribution is 2.30. The van der Waals surface area contributed by atoms with Gasteiger partial charge < -0.3 is 10.4 Å². The van der Waals surface area contributed by atoms with E-state index in [4.69, 9.17) is 0 Å². The predicted molar refractivity (Wildman–Crippen MR) is 103 cm³/mol. The fraction of sp³-hybridized carbons (Fsp3) is 0. The van der Waals surface area contributed by atoms with E-state index >= 15 is 0 Å². The zero-order valence-electron chi connectivity index (χ0n) is 9.75. The van der Waals surface area contributed by atoms with Crippen LogP contribution in [0.4, 0.5) is 5.69 Å². The molecular formula is C13H7Br2I2NO2. The Hall–Kier alpha value is 0.130. The van der Waals surface area contributed by atoms with Crippen LogP contribution >= 0.6 is 77.0 Å². The van der Waals surface area contributed by atoms with E-state index in [1.807, 2.05) is 40.8 Å². The summed E-state index contributed by atoms with van der Waals surface area (Å²) in [5.41, 5.74) is 0.905. The number of phenolic OH excluding ortho intramolecular Hbond substituents is 1. The van der Waals surface area contributed by atoms with Crippen molar-refractivity contribution in [3.05, 3.63) is 52.0 Å². The first-order valence-corrected chi connectivity index (χ1v) is 9.07. The Labute approximate surface area is 160 Å². The highest BCUT2D eigenvalue weighted by molar-refractivity contribution is 14.1. The molecule has 0 saturated heterocycles. The second-order valence-electron chi connectivity index (χ2n) is 3.86. The van der Waals surface area contributed by atoms with Crippen molar-refractivity contribution >= 4 is 88.6 Å². The van der Waals surface area contributed by atoms with Crippen LogP contribution in [0.2, 0.25) is 0 Å². The van der Waals surface area contributed by atoms with E-state index in [2.05, 4.69) is 59.8 Å². The van der Waals surface area contributed by atoms with Gasteiger partial charge in [0.25, 0.3) is 5.91 Å². The lowest BCUT2D eigenvalue weighted by molar-refractivity contribution is 0.102. The van der Waals surface area contributed by atoms with Crippen molar-refractivity contribution in [2.24, 2.45) is 0 Å². The average Bonchev–Trinajstić information content (AvgIpc) is 2.37. The molecule has 7 heteroatoms. The number of carbonyl (C=O) groups excluding carboxylic acids is 1. The molecule has 3 nitrogen and oxygen atoms in total. The van der Waals surface area contributed by atoms with Crippen molar-refractivity contribution in [2.45, 2.75) is 0 Å². The van der Waals surface area contributed by atoms with Crippen LogP contribution in [0.15, 0.2) is 39.3 Å². The van der Waals surface area contributed by atoms with E-state index in [-0.39, 0.29) is 17.2 Å². The Morgan fingerprint density at radius 3 is 2.50 bits per heavy atom. The highest BCUT2D eigenvalue weighted by atomic mass is 127. The minimum Gasteiger partial charge on any atom is -0.506 e. The van der Waals surface area contributed by atoms with E-state index in [1.54, 1.807) is 12.1 Å². The Bertz CT molecular complexity index is 692. The molecule has 0 aliphatic heterocycles. The van der Waals surface area contributed by atoms with Crippen molar-refractivity contribution in [3.63, 3.8) is 0 Å². The van der Waals surface area contributed by atoms with Gasteiger partial charge in [0.05, 0.1) is 14.8 Å². The summed E-state index contributed by atoms with van der Waals surface area (Å²) >= 11 is 10.9. The lowest BCUT2D eigenvalue weighted by Crippen LogP contribution is -2.13. The maximum Gasteiger partial charge on any atom is 0.259 e. The minimum atomic E-state index is -0.345. The molecule has 0 aromatic heterocycles. The Balaban J connectivity index is 2.33. The first kappa shape index (κ1) is 16.5. The Kier molecular flexibility index (Phi) is 5.71. The summed E-state index contributed by atoms with van der Waals surface area (Å²) in [6.45, 7) is 0. The van der Waals surface area contributed by atoms with Gasteiger partial charge in [0, 0.05) is 12.5 Å². The molecule has 0 spiro atoms. The monoisotopic (exact) mass is 621 g/mol. The number of hydrogen-bond acceptors (Lipinski definition) is 2. The lowest BCUT2D eigenvalue weighted by atomic mass is 10.2. The summed E-state index contributed by atoms with van der Waals surface area (Å²) in [5, 5.41) is 12.8. The van der Waals surface area contributed by atoms with E-state index < -0.39 is 0 Å². The molecule has 0 aliphatic rings. The van der Waals surface area contributed by atoms with Crippen LogP contribution in [-0.4, -0.2) is 11.0 Å². The zero-order valence-corrected chi connectivity index (χ0v) is 17.2. The fourth-order valence-corrected chi connectivity index (χ4v) is 4.51. The van der Waals surface area contributed by atoms with E-state index in [0.717, 1.165) is 12.5 Å². The highest BCUT2D eigenvalue weighted by Gasteiger charge is 2.16. The van der Waals surface area contributed by atoms with Crippen molar-refractivity contribution in [1.29, 1.82) is 0 Å². The van der Waals surface area contributed by atoms with Crippen LogP contribution < -0.4 is 5.32 Å². The van der Waals surface area contributed by atoms with Gasteiger partial charge in [0.2, 0.25) is 0 Å². The lowest BCUT2D eigenvalue weighted by Gasteiger charge is -2.10. The molecule has 0 bridgehead atoms. The number of halogens is 4. The number of benzene rings is 2. The van der Waals surface area contributed by atoms with Gasteiger partial charge >= 0.3 is 0 Å². The first-order chi connectivity index (χ1) is 9.38. The average molecular weight is 623 g/mol. The molecule has 0 heterocycles. The topological polar surface area (TPSA) is 49.3 Å². The minimum absolute atomic E-state index is 0.00301. The van der Waals surface area contributed by atoms with E-state index in [1.165, 1.54) is 0 Å². The summed E-state index contributed by atoms with van der Waals surface area (Å²) < 4.78 is 3.22.